The molecule has 1 atom stereocenters. The number of hydrogen-bond acceptors (Lipinski definition) is 2. The van der Waals surface area contributed by atoms with E-state index in [4.69, 9.17) is 10.2 Å². The van der Waals surface area contributed by atoms with Crippen LogP contribution in [0.5, 0.6) is 0 Å². The van der Waals surface area contributed by atoms with Crippen molar-refractivity contribution in [1.29, 1.82) is 0 Å². The second-order valence-corrected chi connectivity index (χ2v) is 9.07. The molecule has 0 aliphatic carbocycles. The highest BCUT2D eigenvalue weighted by Crippen LogP contribution is 2.31. The summed E-state index contributed by atoms with van der Waals surface area (Å²) in [6.45, 7) is 16.5. The van der Waals surface area contributed by atoms with Gasteiger partial charge < -0.3 is 10.2 Å². The number of rotatable bonds is 9. The van der Waals surface area contributed by atoms with Gasteiger partial charge in [-0.3, -0.25) is 9.59 Å². The predicted molar refractivity (Wildman–Crippen MR) is 100 cm³/mol. The summed E-state index contributed by atoms with van der Waals surface area (Å²) >= 11 is 0. The van der Waals surface area contributed by atoms with Gasteiger partial charge in [0.2, 0.25) is 0 Å². The van der Waals surface area contributed by atoms with Crippen LogP contribution in [0, 0.1) is 22.7 Å². The molecule has 0 spiro atoms. The Balaban J connectivity index is 0. The highest BCUT2D eigenvalue weighted by atomic mass is 16.4. The summed E-state index contributed by atoms with van der Waals surface area (Å²) in [4.78, 5) is 21.0. The summed E-state index contributed by atoms with van der Waals surface area (Å²) in [6, 6.07) is 0. The Hall–Kier alpha value is -1.06. The van der Waals surface area contributed by atoms with Gasteiger partial charge in [-0.15, -0.1) is 0 Å². The first-order chi connectivity index (χ1) is 10.7. The SMILES string of the molecule is CC(C)(C)CCCCCC(=O)O.CC(C)CC(C)C(C)(C)C(=O)O. The highest BCUT2D eigenvalue weighted by Gasteiger charge is 2.33. The molecule has 24 heavy (non-hydrogen) atoms. The van der Waals surface area contributed by atoms with Crippen LogP contribution < -0.4 is 0 Å². The smallest absolute Gasteiger partial charge is 0.309 e. The quantitative estimate of drug-likeness (QED) is 0.515. The first-order valence-corrected chi connectivity index (χ1v) is 9.15. The van der Waals surface area contributed by atoms with Crippen molar-refractivity contribution >= 4 is 11.9 Å². The molecule has 4 heteroatoms. The van der Waals surface area contributed by atoms with Crippen molar-refractivity contribution in [3.63, 3.8) is 0 Å². The van der Waals surface area contributed by atoms with Crippen LogP contribution in [-0.2, 0) is 9.59 Å². The van der Waals surface area contributed by atoms with Gasteiger partial charge >= 0.3 is 11.9 Å². The second kappa shape index (κ2) is 11.5. The molecule has 0 amide bonds. The lowest BCUT2D eigenvalue weighted by Gasteiger charge is -2.28. The fourth-order valence-corrected chi connectivity index (χ4v) is 2.32. The minimum absolute atomic E-state index is 0.231. The van der Waals surface area contributed by atoms with Gasteiger partial charge in [-0.1, -0.05) is 54.4 Å². The van der Waals surface area contributed by atoms with Crippen LogP contribution in [0.15, 0.2) is 0 Å². The molecule has 1 unspecified atom stereocenters. The Labute approximate surface area is 149 Å². The van der Waals surface area contributed by atoms with Crippen LogP contribution in [0.2, 0.25) is 0 Å². The molecule has 0 bridgehead atoms. The van der Waals surface area contributed by atoms with E-state index in [2.05, 4.69) is 34.6 Å². The molecule has 2 N–H and O–H groups in total. The zero-order chi connectivity index (χ0) is 19.6. The van der Waals surface area contributed by atoms with Crippen LogP contribution in [0.25, 0.3) is 0 Å². The Bertz CT molecular complexity index is 364. The Kier molecular flexibility index (Phi) is 12.1. The molecule has 144 valence electrons. The zero-order valence-corrected chi connectivity index (χ0v) is 17.1. The van der Waals surface area contributed by atoms with Crippen molar-refractivity contribution in [2.75, 3.05) is 0 Å². The molecule has 0 aromatic rings. The Morgan fingerprint density at radius 3 is 1.71 bits per heavy atom. The molecule has 4 nitrogen and oxygen atoms in total. The van der Waals surface area contributed by atoms with E-state index < -0.39 is 17.4 Å². The lowest BCUT2D eigenvalue weighted by atomic mass is 9.76. The Morgan fingerprint density at radius 1 is 0.875 bits per heavy atom. The molecule has 0 saturated heterocycles. The molecule has 0 rings (SSSR count). The fraction of sp³-hybridized carbons (Fsp3) is 0.900. The van der Waals surface area contributed by atoms with Gasteiger partial charge in [0.1, 0.15) is 0 Å². The third-order valence-corrected chi connectivity index (χ3v) is 4.43. The van der Waals surface area contributed by atoms with E-state index in [1.807, 2.05) is 6.92 Å². The number of hydrogen-bond donors (Lipinski definition) is 2. The average molecular weight is 345 g/mol. The maximum absolute atomic E-state index is 10.8. The average Bonchev–Trinajstić information content (AvgIpc) is 2.36. The molecule has 0 aromatic heterocycles. The van der Waals surface area contributed by atoms with Gasteiger partial charge in [-0.25, -0.2) is 0 Å². The van der Waals surface area contributed by atoms with Crippen LogP contribution in [0.3, 0.4) is 0 Å². The minimum atomic E-state index is -0.698. The maximum atomic E-state index is 10.8. The number of carboxylic acid groups (broad SMARTS) is 2. The van der Waals surface area contributed by atoms with E-state index in [1.165, 1.54) is 6.42 Å². The molecule has 0 fully saturated rings. The highest BCUT2D eigenvalue weighted by molar-refractivity contribution is 5.73. The third kappa shape index (κ3) is 14.5. The molecule has 0 aromatic carbocycles. The monoisotopic (exact) mass is 344 g/mol. The van der Waals surface area contributed by atoms with Gasteiger partial charge in [-0.05, 0) is 50.4 Å². The molecule has 0 aliphatic rings. The lowest BCUT2D eigenvalue weighted by molar-refractivity contribution is -0.150. The molecule has 0 aliphatic heterocycles. The van der Waals surface area contributed by atoms with Crippen molar-refractivity contribution in [3.05, 3.63) is 0 Å². The zero-order valence-electron chi connectivity index (χ0n) is 17.1. The van der Waals surface area contributed by atoms with Gasteiger partial charge in [-0.2, -0.15) is 0 Å². The molecule has 0 heterocycles. The number of carbonyl (C=O) groups is 2. The lowest BCUT2D eigenvalue weighted by Crippen LogP contribution is -2.31. The van der Waals surface area contributed by atoms with Gasteiger partial charge in [0.25, 0.3) is 0 Å². The molecule has 0 saturated carbocycles. The van der Waals surface area contributed by atoms with E-state index >= 15 is 0 Å². The third-order valence-electron chi connectivity index (χ3n) is 4.43. The second-order valence-electron chi connectivity index (χ2n) is 9.07. The molecular formula is C20H40O4. The summed E-state index contributed by atoms with van der Waals surface area (Å²) < 4.78 is 0. The summed E-state index contributed by atoms with van der Waals surface area (Å²) in [6.07, 6.45) is 5.50. The number of unbranched alkanes of at least 4 members (excludes halogenated alkanes) is 2. The van der Waals surface area contributed by atoms with Crippen molar-refractivity contribution in [1.82, 2.24) is 0 Å². The first-order valence-electron chi connectivity index (χ1n) is 9.15. The normalized spacial score (nSPS) is 13.2. The minimum Gasteiger partial charge on any atom is -0.481 e. The van der Waals surface area contributed by atoms with E-state index in [-0.39, 0.29) is 5.92 Å². The van der Waals surface area contributed by atoms with Crippen molar-refractivity contribution < 1.29 is 19.8 Å². The van der Waals surface area contributed by atoms with E-state index in [0.29, 0.717) is 17.8 Å². The van der Waals surface area contributed by atoms with E-state index in [1.54, 1.807) is 13.8 Å². The van der Waals surface area contributed by atoms with Gasteiger partial charge in [0.15, 0.2) is 0 Å². The van der Waals surface area contributed by atoms with Crippen molar-refractivity contribution in [3.8, 4) is 0 Å². The van der Waals surface area contributed by atoms with Crippen LogP contribution in [0.1, 0.15) is 93.9 Å². The van der Waals surface area contributed by atoms with E-state index in [0.717, 1.165) is 25.7 Å². The Morgan fingerprint density at radius 2 is 1.38 bits per heavy atom. The van der Waals surface area contributed by atoms with Crippen molar-refractivity contribution in [2.24, 2.45) is 22.7 Å². The summed E-state index contributed by atoms with van der Waals surface area (Å²) in [5, 5.41) is 17.3. The fourth-order valence-electron chi connectivity index (χ4n) is 2.32. The molecular weight excluding hydrogens is 304 g/mol. The largest absolute Gasteiger partial charge is 0.481 e. The number of aliphatic carboxylic acids is 2. The topological polar surface area (TPSA) is 74.6 Å². The van der Waals surface area contributed by atoms with Crippen LogP contribution >= 0.6 is 0 Å². The first kappa shape index (κ1) is 25.2. The van der Waals surface area contributed by atoms with Crippen molar-refractivity contribution in [2.45, 2.75) is 93.9 Å². The standard InChI is InChI=1S/2C10H20O2/c1-7(2)6-8(3)10(4,5)9(11)12;1-10(2,3)8-6-4-5-7-9(11)12/h7-8H,6H2,1-5H3,(H,11,12);4-8H2,1-3H3,(H,11,12). The van der Waals surface area contributed by atoms with E-state index in [9.17, 15) is 9.59 Å². The van der Waals surface area contributed by atoms with Crippen LogP contribution in [0.4, 0.5) is 0 Å². The van der Waals surface area contributed by atoms with Crippen LogP contribution in [-0.4, -0.2) is 22.2 Å². The van der Waals surface area contributed by atoms with Gasteiger partial charge in [0, 0.05) is 6.42 Å². The summed E-state index contributed by atoms with van der Waals surface area (Å²) in [5.74, 6) is -0.574. The predicted octanol–water partition coefficient (Wildman–Crippen LogP) is 5.85. The summed E-state index contributed by atoms with van der Waals surface area (Å²) in [5.41, 5.74) is -0.201. The maximum Gasteiger partial charge on any atom is 0.309 e. The molecule has 0 radical (unpaired) electrons. The van der Waals surface area contributed by atoms with Gasteiger partial charge in [0.05, 0.1) is 5.41 Å². The summed E-state index contributed by atoms with van der Waals surface area (Å²) in [7, 11) is 0. The number of carboxylic acids is 2.